The average molecular weight is 436 g/mol. The molecule has 170 valence electrons. The number of anilines is 1. The van der Waals surface area contributed by atoms with E-state index in [4.69, 9.17) is 9.72 Å². The van der Waals surface area contributed by atoms with Crippen LogP contribution in [0, 0.1) is 5.92 Å². The van der Waals surface area contributed by atoms with Gasteiger partial charge in [-0.3, -0.25) is 18.9 Å². The first-order valence-electron chi connectivity index (χ1n) is 12.0. The van der Waals surface area contributed by atoms with Gasteiger partial charge in [0, 0.05) is 70.8 Å². The third-order valence-electron chi connectivity index (χ3n) is 7.10. The molecule has 1 atom stereocenters. The molecule has 1 saturated carbocycles. The van der Waals surface area contributed by atoms with Gasteiger partial charge < -0.3 is 9.64 Å². The van der Waals surface area contributed by atoms with Crippen molar-refractivity contribution in [2.45, 2.75) is 25.4 Å². The third kappa shape index (κ3) is 4.14. The van der Waals surface area contributed by atoms with Crippen LogP contribution in [0.1, 0.15) is 30.1 Å². The van der Waals surface area contributed by atoms with Crippen molar-refractivity contribution in [3.63, 3.8) is 0 Å². The van der Waals surface area contributed by atoms with E-state index in [9.17, 15) is 0 Å². The average Bonchev–Trinajstić information content (AvgIpc) is 3.37. The van der Waals surface area contributed by atoms with Crippen LogP contribution in [0.4, 0.5) is 5.82 Å². The largest absolute Gasteiger partial charge is 0.378 e. The van der Waals surface area contributed by atoms with Crippen LogP contribution in [0.2, 0.25) is 0 Å². The predicted octanol–water partition coefficient (Wildman–Crippen LogP) is 2.17. The SMILES string of the molecule is Cn1cc(CN2CCN(CC3CC3)C(c3cn4c(N5CCOCC5)cccc4n3)C2)cn1. The lowest BCUT2D eigenvalue weighted by atomic mass is 10.1. The van der Waals surface area contributed by atoms with Crippen LogP contribution in [0.25, 0.3) is 5.65 Å². The number of pyridine rings is 1. The van der Waals surface area contributed by atoms with E-state index < -0.39 is 0 Å². The molecule has 2 saturated heterocycles. The minimum absolute atomic E-state index is 0.332. The zero-order chi connectivity index (χ0) is 21.5. The normalized spacial score (nSPS) is 23.3. The fourth-order valence-corrected chi connectivity index (χ4v) is 5.19. The van der Waals surface area contributed by atoms with Crippen LogP contribution in [0.5, 0.6) is 0 Å². The second-order valence-corrected chi connectivity index (χ2v) is 9.59. The van der Waals surface area contributed by atoms with Crippen molar-refractivity contribution in [1.29, 1.82) is 0 Å². The monoisotopic (exact) mass is 435 g/mol. The number of hydrogen-bond acceptors (Lipinski definition) is 6. The van der Waals surface area contributed by atoms with Gasteiger partial charge in [-0.1, -0.05) is 6.07 Å². The van der Waals surface area contributed by atoms with Crippen LogP contribution in [0.15, 0.2) is 36.8 Å². The number of nitrogens with zero attached hydrogens (tertiary/aromatic N) is 7. The smallest absolute Gasteiger partial charge is 0.138 e. The first-order chi connectivity index (χ1) is 15.7. The maximum atomic E-state index is 5.57. The first kappa shape index (κ1) is 20.2. The summed E-state index contributed by atoms with van der Waals surface area (Å²) in [6, 6.07) is 6.81. The highest BCUT2D eigenvalue weighted by Crippen LogP contribution is 2.35. The van der Waals surface area contributed by atoms with E-state index in [1.165, 1.54) is 36.5 Å². The van der Waals surface area contributed by atoms with E-state index in [2.05, 4.69) is 54.8 Å². The molecule has 6 rings (SSSR count). The number of ether oxygens (including phenoxy) is 1. The summed E-state index contributed by atoms with van der Waals surface area (Å²) in [4.78, 5) is 12.8. The summed E-state index contributed by atoms with van der Waals surface area (Å²) >= 11 is 0. The Balaban J connectivity index is 1.28. The van der Waals surface area contributed by atoms with Gasteiger partial charge in [0.1, 0.15) is 11.5 Å². The molecule has 0 aromatic carbocycles. The Labute approximate surface area is 189 Å². The van der Waals surface area contributed by atoms with Crippen molar-refractivity contribution in [3.8, 4) is 0 Å². The molecule has 0 bridgehead atoms. The second kappa shape index (κ2) is 8.50. The standard InChI is InChI=1S/C24H33N7O/c1-27-14-20(13-25-27)15-28-7-8-30(16-19-5-6-19)22(18-28)21-17-31-23(26-21)3-2-4-24(31)29-9-11-32-12-10-29/h2-4,13-14,17,19,22H,5-12,15-16,18H2,1H3. The Morgan fingerprint density at radius 2 is 1.94 bits per heavy atom. The van der Waals surface area contributed by atoms with Crippen molar-refractivity contribution in [3.05, 3.63) is 48.0 Å². The summed E-state index contributed by atoms with van der Waals surface area (Å²) in [7, 11) is 1.99. The van der Waals surface area contributed by atoms with Gasteiger partial charge in [-0.05, 0) is 30.9 Å². The minimum Gasteiger partial charge on any atom is -0.378 e. The molecule has 5 heterocycles. The molecular formula is C24H33N7O. The van der Waals surface area contributed by atoms with E-state index in [-0.39, 0.29) is 0 Å². The van der Waals surface area contributed by atoms with Gasteiger partial charge >= 0.3 is 0 Å². The molecule has 2 aliphatic heterocycles. The fourth-order valence-electron chi connectivity index (χ4n) is 5.19. The van der Waals surface area contributed by atoms with Gasteiger partial charge in [0.25, 0.3) is 0 Å². The second-order valence-electron chi connectivity index (χ2n) is 9.59. The number of aromatic nitrogens is 4. The van der Waals surface area contributed by atoms with E-state index in [1.807, 2.05) is 17.9 Å². The van der Waals surface area contributed by atoms with Crippen molar-refractivity contribution in [2.24, 2.45) is 13.0 Å². The molecule has 32 heavy (non-hydrogen) atoms. The molecule has 3 aromatic rings. The summed E-state index contributed by atoms with van der Waals surface area (Å²) < 4.78 is 9.75. The Kier molecular flexibility index (Phi) is 5.37. The van der Waals surface area contributed by atoms with Crippen LogP contribution < -0.4 is 4.90 Å². The van der Waals surface area contributed by atoms with E-state index in [1.54, 1.807) is 0 Å². The number of imidazole rings is 1. The van der Waals surface area contributed by atoms with Crippen molar-refractivity contribution in [2.75, 3.05) is 57.4 Å². The van der Waals surface area contributed by atoms with Gasteiger partial charge in [-0.25, -0.2) is 4.98 Å². The molecule has 3 aromatic heterocycles. The molecule has 0 radical (unpaired) electrons. The molecule has 0 amide bonds. The van der Waals surface area contributed by atoms with E-state index in [0.29, 0.717) is 6.04 Å². The number of aryl methyl sites for hydroxylation is 1. The maximum Gasteiger partial charge on any atom is 0.138 e. The van der Waals surface area contributed by atoms with Crippen LogP contribution in [0.3, 0.4) is 0 Å². The molecular weight excluding hydrogens is 402 g/mol. The summed E-state index contributed by atoms with van der Waals surface area (Å²) in [5.74, 6) is 2.10. The van der Waals surface area contributed by atoms with E-state index in [0.717, 1.165) is 64.0 Å². The van der Waals surface area contributed by atoms with Gasteiger partial charge in [0.15, 0.2) is 0 Å². The van der Waals surface area contributed by atoms with Crippen LogP contribution in [-0.4, -0.2) is 81.4 Å². The van der Waals surface area contributed by atoms with Gasteiger partial charge in [0.05, 0.1) is 31.1 Å². The summed E-state index contributed by atoms with van der Waals surface area (Å²) in [5, 5.41) is 4.36. The third-order valence-corrected chi connectivity index (χ3v) is 7.10. The van der Waals surface area contributed by atoms with Crippen LogP contribution in [-0.2, 0) is 18.3 Å². The van der Waals surface area contributed by atoms with Crippen molar-refractivity contribution in [1.82, 2.24) is 29.0 Å². The summed E-state index contributed by atoms with van der Waals surface area (Å²) in [6.07, 6.45) is 9.18. The lowest BCUT2D eigenvalue weighted by Crippen LogP contribution is -2.48. The molecule has 0 N–H and O–H groups in total. The Morgan fingerprint density at radius 3 is 2.72 bits per heavy atom. The Bertz CT molecular complexity index is 1070. The van der Waals surface area contributed by atoms with Crippen LogP contribution >= 0.6 is 0 Å². The Morgan fingerprint density at radius 1 is 1.06 bits per heavy atom. The molecule has 8 nitrogen and oxygen atoms in total. The molecule has 3 fully saturated rings. The number of rotatable bonds is 6. The van der Waals surface area contributed by atoms with Gasteiger partial charge in [-0.2, -0.15) is 5.10 Å². The molecule has 1 aliphatic carbocycles. The van der Waals surface area contributed by atoms with Gasteiger partial charge in [-0.15, -0.1) is 0 Å². The number of fused-ring (bicyclic) bond motifs is 1. The number of piperazine rings is 1. The molecule has 0 spiro atoms. The predicted molar refractivity (Wildman–Crippen MR) is 124 cm³/mol. The quantitative estimate of drug-likeness (QED) is 0.592. The highest BCUT2D eigenvalue weighted by Gasteiger charge is 2.34. The lowest BCUT2D eigenvalue weighted by Gasteiger charge is -2.40. The van der Waals surface area contributed by atoms with Crippen molar-refractivity contribution < 1.29 is 4.74 Å². The zero-order valence-corrected chi connectivity index (χ0v) is 18.9. The molecule has 3 aliphatic rings. The van der Waals surface area contributed by atoms with Crippen molar-refractivity contribution >= 4 is 11.5 Å². The first-order valence-corrected chi connectivity index (χ1v) is 12.0. The molecule has 1 unspecified atom stereocenters. The lowest BCUT2D eigenvalue weighted by molar-refractivity contribution is 0.0640. The highest BCUT2D eigenvalue weighted by molar-refractivity contribution is 5.53. The fraction of sp³-hybridized carbons (Fsp3) is 0.583. The maximum absolute atomic E-state index is 5.57. The summed E-state index contributed by atoms with van der Waals surface area (Å²) in [5.41, 5.74) is 3.52. The highest BCUT2D eigenvalue weighted by atomic mass is 16.5. The minimum atomic E-state index is 0.332. The van der Waals surface area contributed by atoms with Gasteiger partial charge in [0.2, 0.25) is 0 Å². The topological polar surface area (TPSA) is 54.1 Å². The number of hydrogen-bond donors (Lipinski definition) is 0. The number of morpholine rings is 1. The Hall–Kier alpha value is -2.42. The molecule has 8 heteroatoms. The van der Waals surface area contributed by atoms with E-state index >= 15 is 0 Å². The zero-order valence-electron chi connectivity index (χ0n) is 18.9. The summed E-state index contributed by atoms with van der Waals surface area (Å²) in [6.45, 7) is 8.82.